The van der Waals surface area contributed by atoms with Gasteiger partial charge in [0.25, 0.3) is 0 Å². The number of aliphatic hydroxyl groups excluding tert-OH is 4. The van der Waals surface area contributed by atoms with Crippen LogP contribution in [0.1, 0.15) is 72.1 Å². The number of carbonyl (C=O) groups excluding carboxylic acids is 1. The second kappa shape index (κ2) is 9.19. The average Bonchev–Trinajstić information content (AvgIpc) is 3.42. The van der Waals surface area contributed by atoms with E-state index < -0.39 is 64.9 Å². The highest BCUT2D eigenvalue weighted by Crippen LogP contribution is 2.70. The maximum absolute atomic E-state index is 12.4. The third kappa shape index (κ3) is 3.79. The van der Waals surface area contributed by atoms with Gasteiger partial charge in [-0.15, -0.1) is 0 Å². The standard InChI is InChI=1S/C29H44O10/c1-14-22(32)23(33)24(34)25(38-14)39-16-11-20(30)27(3)18-4-7-26(2)17(15-10-21(31)37-13-15)6-9-29(26,36)19(18)5-8-28(27,35)12-16/h10,14,16-20,22-25,30,32-36H,4-9,11-13H2,1-3H3/t14-,16-,17+,18+,19+,20-,22-,23+,24+,25-,26+,27-,28-,29-/m0/s1. The zero-order chi connectivity index (χ0) is 28.1. The van der Waals surface area contributed by atoms with Gasteiger partial charge >= 0.3 is 5.97 Å². The van der Waals surface area contributed by atoms with E-state index in [0.29, 0.717) is 19.3 Å². The van der Waals surface area contributed by atoms with Crippen LogP contribution in [0.5, 0.6) is 0 Å². The fraction of sp³-hybridized carbons (Fsp3) is 0.897. The van der Waals surface area contributed by atoms with Crippen molar-refractivity contribution in [2.75, 3.05) is 6.61 Å². The molecule has 0 aromatic rings. The van der Waals surface area contributed by atoms with Crippen molar-refractivity contribution >= 4 is 5.97 Å². The molecule has 39 heavy (non-hydrogen) atoms. The molecule has 0 spiro atoms. The molecule has 4 aliphatic carbocycles. The van der Waals surface area contributed by atoms with Crippen LogP contribution in [0.4, 0.5) is 0 Å². The molecule has 0 bridgehead atoms. The molecule has 6 rings (SSSR count). The van der Waals surface area contributed by atoms with E-state index in [2.05, 4.69) is 6.92 Å². The zero-order valence-corrected chi connectivity index (χ0v) is 23.0. The number of ether oxygens (including phenoxy) is 3. The quantitative estimate of drug-likeness (QED) is 0.215. The average molecular weight is 553 g/mol. The van der Waals surface area contributed by atoms with Gasteiger partial charge < -0.3 is 44.8 Å². The van der Waals surface area contributed by atoms with Crippen molar-refractivity contribution in [3.05, 3.63) is 11.6 Å². The van der Waals surface area contributed by atoms with E-state index in [1.165, 1.54) is 0 Å². The maximum Gasteiger partial charge on any atom is 0.331 e. The summed E-state index contributed by atoms with van der Waals surface area (Å²) in [4.78, 5) is 11.8. The van der Waals surface area contributed by atoms with Crippen LogP contribution in [0.25, 0.3) is 0 Å². The van der Waals surface area contributed by atoms with Crippen molar-refractivity contribution in [3.8, 4) is 0 Å². The highest BCUT2D eigenvalue weighted by atomic mass is 16.7. The molecule has 1 saturated heterocycles. The van der Waals surface area contributed by atoms with Crippen LogP contribution in [0, 0.1) is 28.6 Å². The summed E-state index contributed by atoms with van der Waals surface area (Å²) in [6.45, 7) is 5.95. The van der Waals surface area contributed by atoms with Crippen LogP contribution in [-0.2, 0) is 19.0 Å². The predicted octanol–water partition coefficient (Wildman–Crippen LogP) is 0.542. The van der Waals surface area contributed by atoms with Crippen molar-refractivity contribution < 1.29 is 49.6 Å². The Labute approximate surface area is 229 Å². The molecule has 220 valence electrons. The Hall–Kier alpha value is -1.11. The second-order valence-electron chi connectivity index (χ2n) is 13.8. The Bertz CT molecular complexity index is 1030. The van der Waals surface area contributed by atoms with E-state index in [4.69, 9.17) is 14.2 Å². The second-order valence-corrected chi connectivity index (χ2v) is 13.8. The Balaban J connectivity index is 1.23. The van der Waals surface area contributed by atoms with Crippen LogP contribution in [0.2, 0.25) is 0 Å². The fourth-order valence-corrected chi connectivity index (χ4v) is 9.86. The van der Waals surface area contributed by atoms with Crippen LogP contribution in [0.3, 0.4) is 0 Å². The lowest BCUT2D eigenvalue weighted by molar-refractivity contribution is -0.329. The van der Waals surface area contributed by atoms with Crippen molar-refractivity contribution in [1.82, 2.24) is 0 Å². The minimum absolute atomic E-state index is 0.0655. The van der Waals surface area contributed by atoms with Gasteiger partial charge in [-0.25, -0.2) is 4.79 Å². The molecule has 14 atom stereocenters. The summed E-state index contributed by atoms with van der Waals surface area (Å²) < 4.78 is 16.8. The number of hydrogen-bond acceptors (Lipinski definition) is 10. The molecular formula is C29H44O10. The van der Waals surface area contributed by atoms with Crippen molar-refractivity contribution in [2.45, 2.75) is 126 Å². The molecule has 0 aromatic heterocycles. The number of rotatable bonds is 3. The third-order valence-corrected chi connectivity index (χ3v) is 12.3. The Kier molecular flexibility index (Phi) is 6.61. The van der Waals surface area contributed by atoms with Gasteiger partial charge in [0.05, 0.1) is 29.5 Å². The van der Waals surface area contributed by atoms with E-state index >= 15 is 0 Å². The summed E-state index contributed by atoms with van der Waals surface area (Å²) >= 11 is 0. The zero-order valence-electron chi connectivity index (χ0n) is 23.0. The van der Waals surface area contributed by atoms with Crippen LogP contribution >= 0.6 is 0 Å². The Morgan fingerprint density at radius 1 is 0.949 bits per heavy atom. The lowest BCUT2D eigenvalue weighted by Gasteiger charge is -2.67. The van der Waals surface area contributed by atoms with Crippen LogP contribution in [-0.4, -0.2) is 97.3 Å². The fourth-order valence-electron chi connectivity index (χ4n) is 9.86. The van der Waals surface area contributed by atoms with Gasteiger partial charge in [0.15, 0.2) is 6.29 Å². The highest BCUT2D eigenvalue weighted by molar-refractivity contribution is 5.85. The topological polar surface area (TPSA) is 166 Å². The third-order valence-electron chi connectivity index (χ3n) is 12.3. The van der Waals surface area contributed by atoms with Gasteiger partial charge in [-0.05, 0) is 68.8 Å². The van der Waals surface area contributed by atoms with E-state index in [1.807, 2.05) is 6.92 Å². The number of hydrogen-bond donors (Lipinski definition) is 6. The Morgan fingerprint density at radius 3 is 2.36 bits per heavy atom. The largest absolute Gasteiger partial charge is 0.458 e. The summed E-state index contributed by atoms with van der Waals surface area (Å²) in [5.74, 6) is -0.455. The van der Waals surface area contributed by atoms with Crippen molar-refractivity contribution in [1.29, 1.82) is 0 Å². The van der Waals surface area contributed by atoms with Gasteiger partial charge in [0.2, 0.25) is 0 Å². The first-order valence-corrected chi connectivity index (χ1v) is 14.6. The van der Waals surface area contributed by atoms with Crippen LogP contribution in [0.15, 0.2) is 11.6 Å². The lowest BCUT2D eigenvalue weighted by atomic mass is 9.41. The van der Waals surface area contributed by atoms with Gasteiger partial charge in [-0.2, -0.15) is 0 Å². The summed E-state index contributed by atoms with van der Waals surface area (Å²) in [5, 5.41) is 66.8. The first-order valence-electron chi connectivity index (χ1n) is 14.6. The lowest BCUT2D eigenvalue weighted by Crippen LogP contribution is -2.71. The van der Waals surface area contributed by atoms with Gasteiger partial charge in [0.1, 0.15) is 24.9 Å². The number of cyclic esters (lactones) is 1. The molecule has 6 aliphatic rings. The molecule has 6 N–H and O–H groups in total. The van der Waals surface area contributed by atoms with Crippen LogP contribution < -0.4 is 0 Å². The number of esters is 1. The molecule has 0 unspecified atom stereocenters. The number of carbonyl (C=O) groups is 1. The molecule has 0 amide bonds. The van der Waals surface area contributed by atoms with Gasteiger partial charge in [-0.3, -0.25) is 0 Å². The first kappa shape index (κ1) is 28.0. The minimum Gasteiger partial charge on any atom is -0.458 e. The molecule has 4 saturated carbocycles. The van der Waals surface area contributed by atoms with Gasteiger partial charge in [0, 0.05) is 29.7 Å². The molecule has 0 aromatic carbocycles. The normalized spacial score (nSPS) is 57.3. The molecule has 0 radical (unpaired) electrons. The van der Waals surface area contributed by atoms with Gasteiger partial charge in [-0.1, -0.05) is 13.8 Å². The molecule has 2 aliphatic heterocycles. The van der Waals surface area contributed by atoms with E-state index in [0.717, 1.165) is 24.8 Å². The minimum atomic E-state index is -1.46. The SMILES string of the molecule is C[C@@H]1O[C@@H](O[C@H]2C[C@H](O)[C@]3(C)[C@@H]4CC[C@]5(C)[C@@H](C6=CC(=O)OC6)CC[C@]5(O)[C@@H]4CC[C@]3(O)C2)[C@H](O)[C@H](O)[C@H]1O. The smallest absolute Gasteiger partial charge is 0.331 e. The van der Waals surface area contributed by atoms with E-state index in [1.54, 1.807) is 13.0 Å². The molecular weight excluding hydrogens is 508 g/mol. The van der Waals surface area contributed by atoms with E-state index in [9.17, 15) is 35.4 Å². The summed E-state index contributed by atoms with van der Waals surface area (Å²) in [6, 6.07) is 0. The first-order chi connectivity index (χ1) is 18.2. The molecule has 10 heteroatoms. The number of aliphatic hydroxyl groups is 6. The summed E-state index contributed by atoms with van der Waals surface area (Å²) in [6.07, 6.45) is -1.71. The van der Waals surface area contributed by atoms with Crippen molar-refractivity contribution in [2.24, 2.45) is 28.6 Å². The highest BCUT2D eigenvalue weighted by Gasteiger charge is 2.72. The molecule has 2 heterocycles. The predicted molar refractivity (Wildman–Crippen MR) is 136 cm³/mol. The van der Waals surface area contributed by atoms with E-state index in [-0.39, 0.29) is 43.2 Å². The summed E-state index contributed by atoms with van der Waals surface area (Å²) in [5.41, 5.74) is -2.55. The monoisotopic (exact) mass is 552 g/mol. The Morgan fingerprint density at radius 2 is 1.67 bits per heavy atom. The molecule has 5 fully saturated rings. The number of fused-ring (bicyclic) bond motifs is 5. The molecule has 10 nitrogen and oxygen atoms in total. The van der Waals surface area contributed by atoms with Crippen molar-refractivity contribution in [3.63, 3.8) is 0 Å². The summed E-state index contributed by atoms with van der Waals surface area (Å²) in [7, 11) is 0. The maximum atomic E-state index is 12.4.